The van der Waals surface area contributed by atoms with Crippen LogP contribution in [0.5, 0.6) is 0 Å². The molecule has 0 aromatic heterocycles. The number of likely N-dealkylation sites (N-methyl/N-ethyl adjacent to an activating group) is 2. The molecule has 0 heterocycles. The zero-order valence-corrected chi connectivity index (χ0v) is 12.6. The summed E-state index contributed by atoms with van der Waals surface area (Å²) < 4.78 is 11.6. The summed E-state index contributed by atoms with van der Waals surface area (Å²) in [6.45, 7) is 1.62. The van der Waals surface area contributed by atoms with Crippen LogP contribution in [0.2, 0.25) is 0 Å². The summed E-state index contributed by atoms with van der Waals surface area (Å²) in [5, 5.41) is 19.0. The Morgan fingerprint density at radius 1 is 1.35 bits per heavy atom. The number of nitrogens with one attached hydrogen (secondary N) is 3. The van der Waals surface area contributed by atoms with E-state index in [1.807, 2.05) is 0 Å². The topological polar surface area (TPSA) is 108 Å². The summed E-state index contributed by atoms with van der Waals surface area (Å²) in [5.41, 5.74) is -0.499. The molecule has 1 aromatic carbocycles. The summed E-state index contributed by atoms with van der Waals surface area (Å²) in [5.74, 6) is 3.09. The highest BCUT2D eigenvalue weighted by atomic mass is 32.2. The molecule has 0 saturated carbocycles. The molecule has 1 aromatic rings. The Kier molecular flexibility index (Phi) is 4.69. The van der Waals surface area contributed by atoms with Crippen molar-refractivity contribution in [1.82, 2.24) is 10.6 Å². The van der Waals surface area contributed by atoms with Crippen LogP contribution in [0.1, 0.15) is 12.5 Å². The minimum Gasteiger partial charge on any atom is -0.357 e. The SMILES string of the molecule is C=S(N)(=O)c1ccc(C(=N)C(C)(NC)C(=O)NC)cc1. The van der Waals surface area contributed by atoms with Gasteiger partial charge in [0.1, 0.15) is 5.54 Å². The normalized spacial score (nSPS) is 16.8. The molecule has 110 valence electrons. The average molecular weight is 296 g/mol. The predicted molar refractivity (Wildman–Crippen MR) is 82.5 cm³/mol. The Hall–Kier alpha value is -1.70. The largest absolute Gasteiger partial charge is 0.357 e. The van der Waals surface area contributed by atoms with Gasteiger partial charge >= 0.3 is 0 Å². The van der Waals surface area contributed by atoms with Crippen molar-refractivity contribution in [3.05, 3.63) is 29.8 Å². The zero-order valence-electron chi connectivity index (χ0n) is 11.8. The number of hydrogen-bond acceptors (Lipinski definition) is 4. The van der Waals surface area contributed by atoms with Gasteiger partial charge in [-0.2, -0.15) is 0 Å². The molecule has 0 saturated heterocycles. The molecule has 2 unspecified atom stereocenters. The fourth-order valence-electron chi connectivity index (χ4n) is 1.74. The molecule has 0 radical (unpaired) electrons. The molecule has 0 aliphatic heterocycles. The van der Waals surface area contributed by atoms with E-state index in [0.29, 0.717) is 10.5 Å². The molecule has 5 N–H and O–H groups in total. The number of amides is 1. The monoisotopic (exact) mass is 296 g/mol. The van der Waals surface area contributed by atoms with Crippen LogP contribution >= 0.6 is 0 Å². The number of carbonyl (C=O) groups is 1. The number of hydrogen-bond donors (Lipinski definition) is 4. The first kappa shape index (κ1) is 16.4. The minimum absolute atomic E-state index is 0.110. The third-order valence-corrected chi connectivity index (χ3v) is 4.29. The Morgan fingerprint density at radius 2 is 1.85 bits per heavy atom. The quantitative estimate of drug-likeness (QED) is 0.443. The second-order valence-electron chi connectivity index (χ2n) is 4.58. The Balaban J connectivity index is 3.18. The number of rotatable bonds is 5. The lowest BCUT2D eigenvalue weighted by Gasteiger charge is -2.28. The summed E-state index contributed by atoms with van der Waals surface area (Å²) >= 11 is 0. The number of carbonyl (C=O) groups excluding carboxylic acids is 1. The van der Waals surface area contributed by atoms with Crippen LogP contribution in [0, 0.1) is 5.41 Å². The molecular weight excluding hydrogens is 276 g/mol. The van der Waals surface area contributed by atoms with E-state index in [2.05, 4.69) is 16.5 Å². The van der Waals surface area contributed by atoms with Gasteiger partial charge in [-0.15, -0.1) is 0 Å². The molecule has 1 rings (SSSR count). The van der Waals surface area contributed by atoms with Crippen molar-refractivity contribution in [2.75, 3.05) is 14.1 Å². The highest BCUT2D eigenvalue weighted by Gasteiger charge is 2.36. The van der Waals surface area contributed by atoms with Crippen LogP contribution in [-0.4, -0.2) is 41.3 Å². The average Bonchev–Trinajstić information content (AvgIpc) is 2.43. The van der Waals surface area contributed by atoms with E-state index in [-0.39, 0.29) is 11.6 Å². The number of nitrogens with two attached hydrogens (primary N) is 1. The first-order valence-corrected chi connectivity index (χ1v) is 7.71. The van der Waals surface area contributed by atoms with Crippen molar-refractivity contribution < 1.29 is 9.00 Å². The molecular formula is C13H20N4O2S. The molecule has 2 atom stereocenters. The summed E-state index contributed by atoms with van der Waals surface area (Å²) in [6.07, 6.45) is 0. The third kappa shape index (κ3) is 3.06. The Labute approximate surface area is 119 Å². The van der Waals surface area contributed by atoms with Crippen molar-refractivity contribution in [2.24, 2.45) is 5.14 Å². The van der Waals surface area contributed by atoms with Crippen LogP contribution in [0.4, 0.5) is 0 Å². The summed E-state index contributed by atoms with van der Waals surface area (Å²) in [4.78, 5) is 12.3. The molecule has 0 aliphatic rings. The van der Waals surface area contributed by atoms with Crippen molar-refractivity contribution in [3.8, 4) is 0 Å². The molecule has 6 nitrogen and oxygen atoms in total. The van der Waals surface area contributed by atoms with Crippen molar-refractivity contribution in [2.45, 2.75) is 17.4 Å². The van der Waals surface area contributed by atoms with Gasteiger partial charge in [-0.3, -0.25) is 9.93 Å². The van der Waals surface area contributed by atoms with E-state index >= 15 is 0 Å². The molecule has 0 spiro atoms. The van der Waals surface area contributed by atoms with Crippen molar-refractivity contribution >= 4 is 27.2 Å². The fourth-order valence-corrected chi connectivity index (χ4v) is 2.34. The maximum Gasteiger partial charge on any atom is 0.245 e. The summed E-state index contributed by atoms with van der Waals surface area (Å²) in [6, 6.07) is 6.32. The van der Waals surface area contributed by atoms with E-state index in [9.17, 15) is 9.00 Å². The number of benzene rings is 1. The molecule has 7 heteroatoms. The Morgan fingerprint density at radius 3 is 2.20 bits per heavy atom. The van der Waals surface area contributed by atoms with E-state index in [1.54, 1.807) is 38.2 Å². The van der Waals surface area contributed by atoms with Crippen LogP contribution in [0.25, 0.3) is 0 Å². The second kappa shape index (κ2) is 5.74. The second-order valence-corrected chi connectivity index (χ2v) is 6.50. The van der Waals surface area contributed by atoms with Crippen molar-refractivity contribution in [1.29, 1.82) is 5.41 Å². The van der Waals surface area contributed by atoms with Gasteiger partial charge in [0.15, 0.2) is 0 Å². The maximum absolute atomic E-state index is 11.9. The molecule has 0 aliphatic carbocycles. The van der Waals surface area contributed by atoms with E-state index in [0.717, 1.165) is 0 Å². The van der Waals surface area contributed by atoms with Crippen LogP contribution < -0.4 is 15.8 Å². The minimum atomic E-state index is -2.77. The van der Waals surface area contributed by atoms with Gasteiger partial charge in [0, 0.05) is 11.9 Å². The first-order valence-electron chi connectivity index (χ1n) is 5.92. The van der Waals surface area contributed by atoms with Crippen LogP contribution in [0.3, 0.4) is 0 Å². The third-order valence-electron chi connectivity index (χ3n) is 3.22. The molecule has 0 fully saturated rings. The maximum atomic E-state index is 11.9. The van der Waals surface area contributed by atoms with Gasteiger partial charge in [-0.25, -0.2) is 4.21 Å². The van der Waals surface area contributed by atoms with Crippen LogP contribution in [0.15, 0.2) is 29.2 Å². The Bertz CT molecular complexity index is 622. The van der Waals surface area contributed by atoms with Gasteiger partial charge in [0.05, 0.1) is 15.4 Å². The van der Waals surface area contributed by atoms with Crippen LogP contribution in [-0.2, 0) is 14.5 Å². The highest BCUT2D eigenvalue weighted by molar-refractivity contribution is 7.98. The lowest BCUT2D eigenvalue weighted by atomic mass is 9.89. The van der Waals surface area contributed by atoms with Gasteiger partial charge in [-0.05, 0) is 37.5 Å². The van der Waals surface area contributed by atoms with Gasteiger partial charge in [0.2, 0.25) is 5.91 Å². The molecule has 1 amide bonds. The highest BCUT2D eigenvalue weighted by Crippen LogP contribution is 2.16. The van der Waals surface area contributed by atoms with E-state index < -0.39 is 15.2 Å². The van der Waals surface area contributed by atoms with Gasteiger partial charge in [0.25, 0.3) is 0 Å². The smallest absolute Gasteiger partial charge is 0.245 e. The predicted octanol–water partition coefficient (Wildman–Crippen LogP) is -0.272. The van der Waals surface area contributed by atoms with E-state index in [1.165, 1.54) is 7.05 Å². The van der Waals surface area contributed by atoms with E-state index in [4.69, 9.17) is 10.5 Å². The fraction of sp³-hybridized carbons (Fsp3) is 0.308. The lowest BCUT2D eigenvalue weighted by molar-refractivity contribution is -0.123. The van der Waals surface area contributed by atoms with Gasteiger partial charge in [-0.1, -0.05) is 12.1 Å². The first-order chi connectivity index (χ1) is 9.16. The lowest BCUT2D eigenvalue weighted by Crippen LogP contribution is -2.58. The zero-order chi connectivity index (χ0) is 15.6. The standard InChI is InChI=1S/C13H20N4O2S/c1-13(17-3,12(18)16-2)11(14)9-5-7-10(8-6-9)20(4,15)19/h5-8,14,17H,4H2,1-3H3,(H2,15,19)(H,16,18). The van der Waals surface area contributed by atoms with Gasteiger partial charge < -0.3 is 16.0 Å². The molecule has 0 bridgehead atoms. The van der Waals surface area contributed by atoms with Crippen molar-refractivity contribution in [3.63, 3.8) is 0 Å². The summed E-state index contributed by atoms with van der Waals surface area (Å²) in [7, 11) is 0.354. The molecule has 20 heavy (non-hydrogen) atoms.